The van der Waals surface area contributed by atoms with E-state index in [0.29, 0.717) is 32.3 Å². The van der Waals surface area contributed by atoms with Crippen molar-refractivity contribution in [1.82, 2.24) is 4.98 Å². The molecular weight excluding hydrogens is 320 g/mol. The Morgan fingerprint density at radius 3 is 2.16 bits per heavy atom. The number of halogens is 1. The first-order valence-electron chi connectivity index (χ1n) is 8.33. The van der Waals surface area contributed by atoms with Gasteiger partial charge in [-0.25, -0.2) is 9.37 Å². The maximum Gasteiger partial charge on any atom is 0.213 e. The highest BCUT2D eigenvalue weighted by Gasteiger charge is 1.96. The van der Waals surface area contributed by atoms with Gasteiger partial charge < -0.3 is 14.2 Å². The lowest BCUT2D eigenvalue weighted by molar-refractivity contribution is 0.0320. The monoisotopic (exact) mass is 344 g/mol. The van der Waals surface area contributed by atoms with Crippen molar-refractivity contribution in [3.63, 3.8) is 0 Å². The molecule has 0 unspecified atom stereocenters. The van der Waals surface area contributed by atoms with Crippen molar-refractivity contribution < 1.29 is 18.6 Å². The molecule has 0 radical (unpaired) electrons. The minimum atomic E-state index is -0.467. The fraction of sp³-hybridized carbons (Fsp3) is 0.350. The second-order valence-electron chi connectivity index (χ2n) is 5.44. The van der Waals surface area contributed by atoms with Gasteiger partial charge in [0.1, 0.15) is 13.3 Å². The number of pyridine rings is 1. The van der Waals surface area contributed by atoms with Crippen LogP contribution in [0.15, 0.2) is 42.6 Å². The van der Waals surface area contributed by atoms with Crippen LogP contribution in [0.1, 0.15) is 16.7 Å². The summed E-state index contributed by atoms with van der Waals surface area (Å²) in [7, 11) is 0. The number of rotatable bonds is 11. The molecular formula is C20H24FNO3. The molecule has 4 nitrogen and oxygen atoms in total. The van der Waals surface area contributed by atoms with Crippen LogP contribution in [0.25, 0.3) is 12.2 Å². The molecule has 0 spiro atoms. The van der Waals surface area contributed by atoms with E-state index in [1.54, 1.807) is 6.20 Å². The molecule has 1 aromatic carbocycles. The second kappa shape index (κ2) is 11.3. The minimum Gasteiger partial charge on any atom is -0.475 e. The van der Waals surface area contributed by atoms with Gasteiger partial charge in [0.2, 0.25) is 5.88 Å². The molecule has 0 aliphatic heterocycles. The van der Waals surface area contributed by atoms with Crippen LogP contribution < -0.4 is 4.74 Å². The van der Waals surface area contributed by atoms with Crippen LogP contribution in [0.2, 0.25) is 0 Å². The predicted molar refractivity (Wildman–Crippen MR) is 97.5 cm³/mol. The lowest BCUT2D eigenvalue weighted by Crippen LogP contribution is -2.11. The Hall–Kier alpha value is -2.24. The lowest BCUT2D eigenvalue weighted by atomic mass is 10.1. The third kappa shape index (κ3) is 7.92. The number of hydrogen-bond donors (Lipinski definition) is 0. The molecule has 2 aromatic rings. The largest absolute Gasteiger partial charge is 0.475 e. The highest BCUT2D eigenvalue weighted by atomic mass is 18.2. The average Bonchev–Trinajstić information content (AvgIpc) is 2.64. The van der Waals surface area contributed by atoms with Crippen LogP contribution >= 0.6 is 0 Å². The summed E-state index contributed by atoms with van der Waals surface area (Å²) in [6.45, 7) is 3.40. The highest BCUT2D eigenvalue weighted by Crippen LogP contribution is 2.12. The molecule has 0 amide bonds. The molecule has 1 aromatic heterocycles. The van der Waals surface area contributed by atoms with Crippen LogP contribution in [0, 0.1) is 6.92 Å². The fourth-order valence-electron chi connectivity index (χ4n) is 2.03. The van der Waals surface area contributed by atoms with Gasteiger partial charge in [0.05, 0.1) is 26.4 Å². The Kier molecular flexibility index (Phi) is 8.66. The van der Waals surface area contributed by atoms with E-state index in [2.05, 4.69) is 42.2 Å². The van der Waals surface area contributed by atoms with Gasteiger partial charge in [-0.1, -0.05) is 42.0 Å². The van der Waals surface area contributed by atoms with Gasteiger partial charge in [-0.15, -0.1) is 0 Å². The SMILES string of the molecule is Cc1ccc(/C=C/c2ccc(OCCOCCOCC[18F])nc2)cc1. The van der Waals surface area contributed by atoms with E-state index in [1.807, 2.05) is 18.2 Å². The van der Waals surface area contributed by atoms with Crippen LogP contribution in [0.3, 0.4) is 0 Å². The number of ether oxygens (including phenoxy) is 3. The summed E-state index contributed by atoms with van der Waals surface area (Å²) in [5.41, 5.74) is 3.41. The molecule has 0 aliphatic rings. The lowest BCUT2D eigenvalue weighted by Gasteiger charge is -2.06. The van der Waals surface area contributed by atoms with Gasteiger partial charge in [0.15, 0.2) is 0 Å². The summed E-state index contributed by atoms with van der Waals surface area (Å²) in [5, 5.41) is 0. The van der Waals surface area contributed by atoms with E-state index in [0.717, 1.165) is 11.1 Å². The van der Waals surface area contributed by atoms with E-state index in [1.165, 1.54) is 5.56 Å². The standard InChI is InChI=1S/C20H24FNO3/c1-17-2-4-18(5-3-17)6-7-19-8-9-20(22-16-19)25-15-14-24-13-12-23-11-10-21/h2-9,16H,10-15H2,1H3/b7-6+/i21-1. The molecule has 5 heteroatoms. The van der Waals surface area contributed by atoms with Crippen molar-refractivity contribution >= 4 is 12.2 Å². The van der Waals surface area contributed by atoms with Gasteiger partial charge in [0.25, 0.3) is 0 Å². The van der Waals surface area contributed by atoms with Crippen LogP contribution in [-0.2, 0) is 9.47 Å². The Morgan fingerprint density at radius 2 is 1.48 bits per heavy atom. The molecule has 0 aliphatic carbocycles. The van der Waals surface area contributed by atoms with Gasteiger partial charge in [0, 0.05) is 12.3 Å². The van der Waals surface area contributed by atoms with Crippen LogP contribution in [0.5, 0.6) is 5.88 Å². The zero-order valence-corrected chi connectivity index (χ0v) is 14.5. The van der Waals surface area contributed by atoms with Crippen molar-refractivity contribution in [2.75, 3.05) is 39.7 Å². The molecule has 0 bridgehead atoms. The van der Waals surface area contributed by atoms with Crippen molar-refractivity contribution in [2.45, 2.75) is 6.92 Å². The van der Waals surface area contributed by atoms with Crippen LogP contribution in [0.4, 0.5) is 4.39 Å². The molecule has 0 N–H and O–H groups in total. The normalized spacial score (nSPS) is 11.1. The first-order valence-corrected chi connectivity index (χ1v) is 8.33. The Balaban J connectivity index is 1.66. The second-order valence-corrected chi connectivity index (χ2v) is 5.44. The Labute approximate surface area is 148 Å². The van der Waals surface area contributed by atoms with Crippen LogP contribution in [-0.4, -0.2) is 44.7 Å². The van der Waals surface area contributed by atoms with Gasteiger partial charge in [-0.05, 0) is 24.1 Å². The molecule has 0 fully saturated rings. The first-order chi connectivity index (χ1) is 12.3. The summed E-state index contributed by atoms with van der Waals surface area (Å²) in [6.07, 6.45) is 5.84. The first kappa shape index (κ1) is 19.1. The number of alkyl halides is 1. The molecule has 2 rings (SSSR count). The Bertz CT molecular complexity index is 626. The van der Waals surface area contributed by atoms with Crippen molar-refractivity contribution in [2.24, 2.45) is 0 Å². The maximum absolute atomic E-state index is 11.8. The summed E-state index contributed by atoms with van der Waals surface area (Å²) < 4.78 is 27.6. The van der Waals surface area contributed by atoms with E-state index in [-0.39, 0.29) is 6.61 Å². The fourth-order valence-corrected chi connectivity index (χ4v) is 2.03. The average molecular weight is 344 g/mol. The summed E-state index contributed by atoms with van der Waals surface area (Å²) in [4.78, 5) is 4.27. The van der Waals surface area contributed by atoms with E-state index in [9.17, 15) is 4.39 Å². The number of hydrogen-bond acceptors (Lipinski definition) is 4. The summed E-state index contributed by atoms with van der Waals surface area (Å²) >= 11 is 0. The van der Waals surface area contributed by atoms with Gasteiger partial charge in [-0.2, -0.15) is 0 Å². The minimum absolute atomic E-state index is 0.120. The van der Waals surface area contributed by atoms with Gasteiger partial charge in [-0.3, -0.25) is 0 Å². The van der Waals surface area contributed by atoms with Gasteiger partial charge >= 0.3 is 0 Å². The van der Waals surface area contributed by atoms with Crippen molar-refractivity contribution in [1.29, 1.82) is 0 Å². The molecule has 0 saturated carbocycles. The van der Waals surface area contributed by atoms with Crippen molar-refractivity contribution in [3.05, 3.63) is 59.3 Å². The quantitative estimate of drug-likeness (QED) is 0.579. The summed E-state index contributed by atoms with van der Waals surface area (Å²) in [5.74, 6) is 0.560. The third-order valence-corrected chi connectivity index (χ3v) is 3.38. The highest BCUT2D eigenvalue weighted by molar-refractivity contribution is 5.69. The molecule has 0 saturated heterocycles. The van der Waals surface area contributed by atoms with E-state index < -0.39 is 6.67 Å². The van der Waals surface area contributed by atoms with Crippen molar-refractivity contribution in [3.8, 4) is 5.88 Å². The zero-order chi connectivity index (χ0) is 17.7. The topological polar surface area (TPSA) is 40.6 Å². The zero-order valence-electron chi connectivity index (χ0n) is 14.5. The maximum atomic E-state index is 11.8. The molecule has 0 atom stereocenters. The molecule has 25 heavy (non-hydrogen) atoms. The Morgan fingerprint density at radius 1 is 0.840 bits per heavy atom. The summed E-state index contributed by atoms with van der Waals surface area (Å²) in [6, 6.07) is 12.1. The third-order valence-electron chi connectivity index (χ3n) is 3.38. The van der Waals surface area contributed by atoms with E-state index in [4.69, 9.17) is 14.2 Å². The molecule has 1 heterocycles. The number of aromatic nitrogens is 1. The number of benzene rings is 1. The number of nitrogens with zero attached hydrogens (tertiary/aromatic N) is 1. The van der Waals surface area contributed by atoms with E-state index >= 15 is 0 Å². The predicted octanol–water partition coefficient (Wildman–Crippen LogP) is 3.94. The smallest absolute Gasteiger partial charge is 0.213 e. The molecule has 134 valence electrons. The number of aryl methyl sites for hydroxylation is 1.